The van der Waals surface area contributed by atoms with Crippen LogP contribution >= 0.6 is 0 Å². The minimum atomic E-state index is -3.76. The quantitative estimate of drug-likeness (QED) is 0.330. The van der Waals surface area contributed by atoms with Crippen LogP contribution in [0.15, 0.2) is 29.7 Å². The molecule has 0 spiro atoms. The fraction of sp³-hybridized carbons (Fsp3) is 0.462. The number of aromatic nitrogens is 7. The Morgan fingerprint density at radius 3 is 2.80 bits per heavy atom. The molecule has 4 aromatic rings. The summed E-state index contributed by atoms with van der Waals surface area (Å²) in [6.07, 6.45) is 9.69. The Bertz CT molecular complexity index is 1750. The van der Waals surface area contributed by atoms with Crippen molar-refractivity contribution < 1.29 is 18.3 Å². The monoisotopic (exact) mass is 563 g/mol. The highest BCUT2D eigenvalue weighted by Crippen LogP contribution is 2.46. The number of nitrogens with two attached hydrogens (primary N) is 1. The highest BCUT2D eigenvalue weighted by molar-refractivity contribution is 7.91. The molecule has 14 heteroatoms. The van der Waals surface area contributed by atoms with Crippen LogP contribution in [-0.4, -0.2) is 77.9 Å². The molecule has 1 saturated carbocycles. The van der Waals surface area contributed by atoms with Crippen molar-refractivity contribution in [3.63, 3.8) is 0 Å². The smallest absolute Gasteiger partial charge is 0.291 e. The molecule has 0 aromatic carbocycles. The van der Waals surface area contributed by atoms with E-state index in [0.717, 1.165) is 43.1 Å². The lowest BCUT2D eigenvalue weighted by atomic mass is 9.80. The van der Waals surface area contributed by atoms with Gasteiger partial charge in [-0.05, 0) is 49.7 Å². The number of aliphatic hydroxyl groups is 1. The van der Waals surface area contributed by atoms with Crippen LogP contribution in [0, 0.1) is 5.92 Å². The van der Waals surface area contributed by atoms with E-state index in [1.54, 1.807) is 12.4 Å². The molecule has 2 bridgehead atoms. The summed E-state index contributed by atoms with van der Waals surface area (Å²) < 4.78 is 27.7. The van der Waals surface area contributed by atoms with Crippen molar-refractivity contribution in [2.75, 3.05) is 18.5 Å². The van der Waals surface area contributed by atoms with Crippen LogP contribution in [0.25, 0.3) is 16.8 Å². The number of aliphatic hydroxyl groups excluding tert-OH is 1. The third-order valence-electron chi connectivity index (χ3n) is 8.66. The van der Waals surface area contributed by atoms with Gasteiger partial charge in [-0.2, -0.15) is 14.7 Å². The van der Waals surface area contributed by atoms with Crippen molar-refractivity contribution in [2.24, 2.45) is 5.92 Å². The number of fused-ring (bicyclic) bond motifs is 6. The average molecular weight is 564 g/mol. The number of amides is 1. The largest absolute Gasteiger partial charge is 0.387 e. The lowest BCUT2D eigenvalue weighted by Gasteiger charge is -2.41. The minimum absolute atomic E-state index is 0.00416. The first-order valence-electron chi connectivity index (χ1n) is 13.4. The summed E-state index contributed by atoms with van der Waals surface area (Å²) in [5, 5.41) is 21.1. The van der Waals surface area contributed by atoms with Gasteiger partial charge < -0.3 is 15.7 Å². The summed E-state index contributed by atoms with van der Waals surface area (Å²) in [7, 11) is -3.76. The molecule has 4 aromatic heterocycles. The second-order valence-electron chi connectivity index (χ2n) is 11.1. The minimum Gasteiger partial charge on any atom is -0.387 e. The van der Waals surface area contributed by atoms with E-state index < -0.39 is 15.9 Å². The summed E-state index contributed by atoms with van der Waals surface area (Å²) in [5.41, 5.74) is 10.5. The average Bonchev–Trinajstić information content (AvgIpc) is 3.62. The van der Waals surface area contributed by atoms with Crippen LogP contribution in [0.3, 0.4) is 0 Å². The summed E-state index contributed by atoms with van der Waals surface area (Å²) in [6, 6.07) is 1.89. The Balaban J connectivity index is 1.34. The lowest BCUT2D eigenvalue weighted by molar-refractivity contribution is 0.0518. The zero-order valence-electron chi connectivity index (χ0n) is 21.9. The number of piperidine rings is 1. The van der Waals surface area contributed by atoms with Crippen molar-refractivity contribution in [3.8, 4) is 11.1 Å². The van der Waals surface area contributed by atoms with Gasteiger partial charge in [0.05, 0.1) is 23.7 Å². The van der Waals surface area contributed by atoms with Crippen LogP contribution in [-0.2, 0) is 16.3 Å². The van der Waals surface area contributed by atoms with Crippen LogP contribution in [0.4, 0.5) is 5.82 Å². The van der Waals surface area contributed by atoms with E-state index in [-0.39, 0.29) is 40.3 Å². The Hall–Kier alpha value is -3.91. The predicted octanol–water partition coefficient (Wildman–Crippen LogP) is 1.67. The first-order valence-corrected chi connectivity index (χ1v) is 15.3. The van der Waals surface area contributed by atoms with Crippen molar-refractivity contribution in [2.45, 2.75) is 61.5 Å². The van der Waals surface area contributed by atoms with Gasteiger partial charge in [-0.3, -0.25) is 14.9 Å². The van der Waals surface area contributed by atoms with E-state index in [2.05, 4.69) is 25.3 Å². The number of rotatable bonds is 4. The molecule has 1 amide bonds. The number of pyridine rings is 1. The van der Waals surface area contributed by atoms with Gasteiger partial charge in [0.1, 0.15) is 17.0 Å². The fourth-order valence-electron chi connectivity index (χ4n) is 6.80. The fourth-order valence-corrected chi connectivity index (χ4v) is 7.85. The molecule has 4 atom stereocenters. The molecule has 4 unspecified atom stereocenters. The molecular weight excluding hydrogens is 534 g/mol. The number of H-pyrrole nitrogens is 1. The molecule has 2 aliphatic heterocycles. The van der Waals surface area contributed by atoms with E-state index in [0.29, 0.717) is 42.0 Å². The Kier molecular flexibility index (Phi) is 5.68. The van der Waals surface area contributed by atoms with Crippen LogP contribution in [0.1, 0.15) is 71.7 Å². The maximum absolute atomic E-state index is 13.2. The standard InChI is InChI=1S/C26H29N9O4S/c1-40(38,39)22-21(17-8-16-4-2-3-14(17)11-34(16)26(37)24-29-12-30-33-24)32-25-18(10-31-35(25)23(22)27)15-7-13-5-6-19(36)20(13)28-9-15/h7,9-10,12,14,16-17,19,36H,2-6,8,11,27H2,1H3,(H,29,30,33). The second-order valence-corrected chi connectivity index (χ2v) is 13.0. The number of carbonyl (C=O) groups is 1. The number of nitrogen functional groups attached to an aromatic ring is 1. The van der Waals surface area contributed by atoms with Crippen LogP contribution in [0.5, 0.6) is 0 Å². The molecule has 6 heterocycles. The number of carbonyl (C=O) groups excluding carboxylic acids is 1. The summed E-state index contributed by atoms with van der Waals surface area (Å²) >= 11 is 0. The maximum atomic E-state index is 13.2. The predicted molar refractivity (Wildman–Crippen MR) is 143 cm³/mol. The summed E-state index contributed by atoms with van der Waals surface area (Å²) in [4.78, 5) is 28.5. The van der Waals surface area contributed by atoms with E-state index >= 15 is 0 Å². The van der Waals surface area contributed by atoms with E-state index in [1.807, 2.05) is 11.0 Å². The number of sulfone groups is 1. The Morgan fingerprint density at radius 2 is 2.02 bits per heavy atom. The normalized spacial score (nSPS) is 24.4. The first-order chi connectivity index (χ1) is 19.2. The van der Waals surface area contributed by atoms with E-state index in [4.69, 9.17) is 10.7 Å². The first kappa shape index (κ1) is 25.1. The number of nitrogens with one attached hydrogen (secondary N) is 1. The molecule has 40 heavy (non-hydrogen) atoms. The number of nitrogens with zero attached hydrogens (tertiary/aromatic N) is 7. The number of anilines is 1. The third-order valence-corrected chi connectivity index (χ3v) is 9.82. The molecule has 208 valence electrons. The lowest BCUT2D eigenvalue weighted by Crippen LogP contribution is -2.48. The number of hydrogen-bond acceptors (Lipinski definition) is 10. The molecule has 4 aliphatic rings. The second kappa shape index (κ2) is 9.06. The van der Waals surface area contributed by atoms with Crippen molar-refractivity contribution in [1.29, 1.82) is 0 Å². The summed E-state index contributed by atoms with van der Waals surface area (Å²) in [6.45, 7) is 0.466. The molecule has 2 aliphatic carbocycles. The van der Waals surface area contributed by atoms with Gasteiger partial charge in [0.15, 0.2) is 15.5 Å². The number of hydrogen-bond donors (Lipinski definition) is 3. The molecule has 2 saturated heterocycles. The number of aromatic amines is 1. The van der Waals surface area contributed by atoms with Gasteiger partial charge in [-0.15, -0.1) is 0 Å². The van der Waals surface area contributed by atoms with Crippen molar-refractivity contribution >= 4 is 27.2 Å². The topological polar surface area (TPSA) is 185 Å². The highest BCUT2D eigenvalue weighted by Gasteiger charge is 2.44. The Labute approximate surface area is 229 Å². The van der Waals surface area contributed by atoms with Gasteiger partial charge in [-0.25, -0.2) is 18.4 Å². The summed E-state index contributed by atoms with van der Waals surface area (Å²) in [5.74, 6) is -0.196. The molecule has 13 nitrogen and oxygen atoms in total. The van der Waals surface area contributed by atoms with Crippen molar-refractivity contribution in [3.05, 3.63) is 47.6 Å². The maximum Gasteiger partial charge on any atom is 0.291 e. The van der Waals surface area contributed by atoms with E-state index in [9.17, 15) is 18.3 Å². The zero-order valence-corrected chi connectivity index (χ0v) is 22.7. The molecule has 0 radical (unpaired) electrons. The van der Waals surface area contributed by atoms with Gasteiger partial charge in [0.2, 0.25) is 5.82 Å². The van der Waals surface area contributed by atoms with Gasteiger partial charge in [-0.1, -0.05) is 6.42 Å². The molecule has 8 rings (SSSR count). The van der Waals surface area contributed by atoms with Crippen LogP contribution < -0.4 is 5.73 Å². The SMILES string of the molecule is CS(=O)(=O)c1c(C2CC3CCCC2CN3C(=O)c2ncn[nH]2)nc2c(-c3cnc4c(c3)CCC4O)cnn2c1N. The Morgan fingerprint density at radius 1 is 1.18 bits per heavy atom. The molecular formula is C26H29N9O4S. The van der Waals surface area contributed by atoms with Gasteiger partial charge in [0.25, 0.3) is 5.91 Å². The zero-order chi connectivity index (χ0) is 27.8. The van der Waals surface area contributed by atoms with E-state index in [1.165, 1.54) is 10.8 Å². The van der Waals surface area contributed by atoms with Gasteiger partial charge in [0, 0.05) is 42.1 Å². The highest BCUT2D eigenvalue weighted by atomic mass is 32.2. The third kappa shape index (κ3) is 3.88. The van der Waals surface area contributed by atoms with Gasteiger partial charge >= 0.3 is 0 Å². The molecule has 3 fully saturated rings. The van der Waals surface area contributed by atoms with Crippen molar-refractivity contribution in [1.82, 2.24) is 39.7 Å². The van der Waals surface area contributed by atoms with Crippen LogP contribution in [0.2, 0.25) is 0 Å². The number of aryl methyl sites for hydroxylation is 1. The molecule has 4 N–H and O–H groups in total.